The Labute approximate surface area is 90.9 Å². The normalized spacial score (nSPS) is 16.9. The highest BCUT2D eigenvalue weighted by atomic mass is 35.5. The van der Waals surface area contributed by atoms with Gasteiger partial charge in [0.2, 0.25) is 0 Å². The molecular formula is C10H10ClN3O. The average Bonchev–Trinajstić information content (AvgIpc) is 2.44. The van der Waals surface area contributed by atoms with Crippen molar-refractivity contribution in [3.8, 4) is 0 Å². The fourth-order valence-corrected chi connectivity index (χ4v) is 2.15. The molecule has 0 spiro atoms. The number of aromatic nitrogens is 2. The van der Waals surface area contributed by atoms with Gasteiger partial charge in [0.1, 0.15) is 0 Å². The van der Waals surface area contributed by atoms with Gasteiger partial charge < -0.3 is 10.3 Å². The van der Waals surface area contributed by atoms with Crippen molar-refractivity contribution in [2.45, 2.75) is 6.04 Å². The van der Waals surface area contributed by atoms with Crippen LogP contribution in [0.1, 0.15) is 6.04 Å². The van der Waals surface area contributed by atoms with Gasteiger partial charge in [-0.05, 0) is 12.1 Å². The summed E-state index contributed by atoms with van der Waals surface area (Å²) in [7, 11) is 0. The molecule has 1 fully saturated rings. The topological polar surface area (TPSA) is 49.8 Å². The Morgan fingerprint density at radius 3 is 2.87 bits per heavy atom. The summed E-state index contributed by atoms with van der Waals surface area (Å²) in [5, 5.41) is 3.74. The zero-order chi connectivity index (χ0) is 10.4. The number of nitrogens with zero attached hydrogens (tertiary/aromatic N) is 1. The molecule has 0 aliphatic carbocycles. The first-order chi connectivity index (χ1) is 7.27. The molecular weight excluding hydrogens is 214 g/mol. The van der Waals surface area contributed by atoms with E-state index in [4.69, 9.17) is 11.6 Å². The molecule has 0 bridgehead atoms. The maximum absolute atomic E-state index is 11.7. The third kappa shape index (κ3) is 1.22. The summed E-state index contributed by atoms with van der Waals surface area (Å²) in [6.45, 7) is 1.69. The molecule has 2 aromatic rings. The van der Waals surface area contributed by atoms with Crippen molar-refractivity contribution < 1.29 is 0 Å². The Kier molecular flexibility index (Phi) is 1.87. The fourth-order valence-electron chi connectivity index (χ4n) is 1.93. The van der Waals surface area contributed by atoms with Gasteiger partial charge in [0.25, 0.3) is 0 Å². The number of imidazole rings is 1. The average molecular weight is 224 g/mol. The summed E-state index contributed by atoms with van der Waals surface area (Å²) in [4.78, 5) is 14.5. The number of fused-ring (bicyclic) bond motifs is 1. The summed E-state index contributed by atoms with van der Waals surface area (Å²) < 4.78 is 1.78. The third-order valence-corrected chi connectivity index (χ3v) is 3.14. The summed E-state index contributed by atoms with van der Waals surface area (Å²) in [5.41, 5.74) is 1.54. The van der Waals surface area contributed by atoms with Crippen molar-refractivity contribution in [1.82, 2.24) is 14.9 Å². The van der Waals surface area contributed by atoms with Crippen LogP contribution in [0.15, 0.2) is 23.0 Å². The zero-order valence-electron chi connectivity index (χ0n) is 7.96. The molecule has 15 heavy (non-hydrogen) atoms. The molecule has 3 rings (SSSR count). The molecule has 1 aromatic carbocycles. The van der Waals surface area contributed by atoms with E-state index < -0.39 is 0 Å². The Morgan fingerprint density at radius 1 is 1.40 bits per heavy atom. The summed E-state index contributed by atoms with van der Waals surface area (Å²) in [6.07, 6.45) is 0. The number of halogens is 1. The highest BCUT2D eigenvalue weighted by Gasteiger charge is 2.23. The number of rotatable bonds is 1. The zero-order valence-corrected chi connectivity index (χ0v) is 8.71. The standard InChI is InChI=1S/C10H10ClN3O/c11-7-2-1-3-8-9(7)13-10(15)14(8)6-4-12-5-6/h1-3,6,12H,4-5H2,(H,13,15). The maximum atomic E-state index is 11.7. The summed E-state index contributed by atoms with van der Waals surface area (Å²) in [6, 6.07) is 5.81. The first kappa shape index (κ1) is 9.00. The van der Waals surface area contributed by atoms with Crippen molar-refractivity contribution in [3.05, 3.63) is 33.7 Å². The summed E-state index contributed by atoms with van der Waals surface area (Å²) in [5.74, 6) is 0. The quantitative estimate of drug-likeness (QED) is 0.762. The number of hydrogen-bond donors (Lipinski definition) is 2. The van der Waals surface area contributed by atoms with E-state index in [1.165, 1.54) is 0 Å². The molecule has 2 N–H and O–H groups in total. The minimum absolute atomic E-state index is 0.0791. The third-order valence-electron chi connectivity index (χ3n) is 2.83. The van der Waals surface area contributed by atoms with Gasteiger partial charge in [-0.2, -0.15) is 0 Å². The Balaban J connectivity index is 2.32. The van der Waals surface area contributed by atoms with Crippen LogP contribution in [0, 0.1) is 0 Å². The Bertz CT molecular complexity index is 568. The largest absolute Gasteiger partial charge is 0.326 e. The van der Waals surface area contributed by atoms with E-state index in [0.717, 1.165) is 24.1 Å². The first-order valence-electron chi connectivity index (χ1n) is 4.87. The van der Waals surface area contributed by atoms with Crippen molar-refractivity contribution in [3.63, 3.8) is 0 Å². The maximum Gasteiger partial charge on any atom is 0.326 e. The van der Waals surface area contributed by atoms with Crippen LogP contribution in [-0.4, -0.2) is 22.6 Å². The second-order valence-corrected chi connectivity index (χ2v) is 4.15. The molecule has 1 aliphatic rings. The van der Waals surface area contributed by atoms with Crippen LogP contribution < -0.4 is 11.0 Å². The van der Waals surface area contributed by atoms with E-state index in [1.807, 2.05) is 12.1 Å². The van der Waals surface area contributed by atoms with Gasteiger partial charge in [-0.1, -0.05) is 17.7 Å². The van der Waals surface area contributed by atoms with Crippen LogP contribution >= 0.6 is 11.6 Å². The van der Waals surface area contributed by atoms with Crippen LogP contribution in [-0.2, 0) is 0 Å². The number of H-pyrrole nitrogens is 1. The Morgan fingerprint density at radius 2 is 2.20 bits per heavy atom. The molecule has 0 saturated carbocycles. The number of para-hydroxylation sites is 1. The fraction of sp³-hybridized carbons (Fsp3) is 0.300. The van der Waals surface area contributed by atoms with Gasteiger partial charge in [0, 0.05) is 13.1 Å². The minimum Gasteiger partial charge on any atom is -0.313 e. The van der Waals surface area contributed by atoms with E-state index >= 15 is 0 Å². The van der Waals surface area contributed by atoms with Crippen molar-refractivity contribution in [2.75, 3.05) is 13.1 Å². The van der Waals surface area contributed by atoms with E-state index in [2.05, 4.69) is 10.3 Å². The molecule has 0 atom stereocenters. The SMILES string of the molecule is O=c1[nH]c2c(Cl)cccc2n1C1CNC1. The monoisotopic (exact) mass is 223 g/mol. The van der Waals surface area contributed by atoms with Crippen LogP contribution in [0.3, 0.4) is 0 Å². The lowest BCUT2D eigenvalue weighted by Gasteiger charge is -2.28. The minimum atomic E-state index is -0.0791. The van der Waals surface area contributed by atoms with Gasteiger partial charge in [0.15, 0.2) is 0 Å². The van der Waals surface area contributed by atoms with Crippen LogP contribution in [0.5, 0.6) is 0 Å². The smallest absolute Gasteiger partial charge is 0.313 e. The van der Waals surface area contributed by atoms with Crippen LogP contribution in [0.4, 0.5) is 0 Å². The van der Waals surface area contributed by atoms with Gasteiger partial charge in [-0.25, -0.2) is 4.79 Å². The van der Waals surface area contributed by atoms with E-state index in [1.54, 1.807) is 10.6 Å². The lowest BCUT2D eigenvalue weighted by atomic mass is 10.1. The highest BCUT2D eigenvalue weighted by molar-refractivity contribution is 6.34. The van der Waals surface area contributed by atoms with Gasteiger partial charge in [0.05, 0.1) is 22.1 Å². The lowest BCUT2D eigenvalue weighted by molar-refractivity contribution is 0.344. The number of nitrogens with one attached hydrogen (secondary N) is 2. The molecule has 0 unspecified atom stereocenters. The van der Waals surface area contributed by atoms with Crippen LogP contribution in [0.25, 0.3) is 11.0 Å². The molecule has 2 heterocycles. The van der Waals surface area contributed by atoms with Gasteiger partial charge in [-0.15, -0.1) is 0 Å². The molecule has 1 aliphatic heterocycles. The first-order valence-corrected chi connectivity index (χ1v) is 5.24. The van der Waals surface area contributed by atoms with Gasteiger partial charge in [-0.3, -0.25) is 4.57 Å². The molecule has 0 amide bonds. The molecule has 1 aromatic heterocycles. The molecule has 0 radical (unpaired) electrons. The molecule has 5 heteroatoms. The highest BCUT2D eigenvalue weighted by Crippen LogP contribution is 2.23. The lowest BCUT2D eigenvalue weighted by Crippen LogP contribution is -2.46. The molecule has 1 saturated heterocycles. The van der Waals surface area contributed by atoms with E-state index in [-0.39, 0.29) is 11.7 Å². The predicted molar refractivity (Wildman–Crippen MR) is 59.5 cm³/mol. The number of benzene rings is 1. The second kappa shape index (κ2) is 3.12. The van der Waals surface area contributed by atoms with E-state index in [9.17, 15) is 4.79 Å². The summed E-state index contributed by atoms with van der Waals surface area (Å²) >= 11 is 6.01. The molecule has 78 valence electrons. The Hall–Kier alpha value is -1.26. The van der Waals surface area contributed by atoms with Crippen molar-refractivity contribution in [2.24, 2.45) is 0 Å². The van der Waals surface area contributed by atoms with Crippen LogP contribution in [0.2, 0.25) is 5.02 Å². The van der Waals surface area contributed by atoms with Gasteiger partial charge >= 0.3 is 5.69 Å². The number of aromatic amines is 1. The van der Waals surface area contributed by atoms with Crippen molar-refractivity contribution >= 4 is 22.6 Å². The number of hydrogen-bond acceptors (Lipinski definition) is 2. The predicted octanol–water partition coefficient (Wildman–Crippen LogP) is 1.13. The molecule has 4 nitrogen and oxygen atoms in total. The van der Waals surface area contributed by atoms with E-state index in [0.29, 0.717) is 5.02 Å². The van der Waals surface area contributed by atoms with Crippen molar-refractivity contribution in [1.29, 1.82) is 0 Å². The second-order valence-electron chi connectivity index (χ2n) is 3.75.